The zero-order valence-corrected chi connectivity index (χ0v) is 16.1. The molecule has 2 N–H and O–H groups in total. The fraction of sp³-hybridized carbons (Fsp3) is 0.0455. The molecule has 30 heavy (non-hydrogen) atoms. The van der Waals surface area contributed by atoms with Gasteiger partial charge in [-0.2, -0.15) is 5.10 Å². The number of nitrogens with zero attached hydrogens (tertiary/aromatic N) is 5. The Labute approximate surface area is 172 Å². The zero-order valence-electron chi connectivity index (χ0n) is 16.1. The monoisotopic (exact) mass is 399 g/mol. The number of aromatic nitrogens is 4. The van der Waals surface area contributed by atoms with Gasteiger partial charge in [-0.1, -0.05) is 17.7 Å². The summed E-state index contributed by atoms with van der Waals surface area (Å²) in [5.74, 6) is -0.361. The summed E-state index contributed by atoms with van der Waals surface area (Å²) in [5.41, 5.74) is 7.11. The highest BCUT2D eigenvalue weighted by atomic mass is 19.1. The molecule has 7 nitrogen and oxygen atoms in total. The molecule has 3 heterocycles. The van der Waals surface area contributed by atoms with Crippen molar-refractivity contribution in [3.05, 3.63) is 90.4 Å². The molecule has 0 fully saturated rings. The van der Waals surface area contributed by atoms with Gasteiger partial charge in [0, 0.05) is 23.6 Å². The van der Waals surface area contributed by atoms with E-state index in [1.165, 1.54) is 18.0 Å². The zero-order chi connectivity index (χ0) is 20.8. The summed E-state index contributed by atoms with van der Waals surface area (Å²) in [5, 5.41) is 7.36. The molecule has 1 aromatic carbocycles. The normalized spacial score (nSPS) is 10.9. The third-order valence-electron chi connectivity index (χ3n) is 4.17. The van der Waals surface area contributed by atoms with E-state index in [1.807, 2.05) is 43.3 Å². The number of hydrogen-bond donors (Lipinski definition) is 2. The molecule has 0 unspecified atom stereocenters. The van der Waals surface area contributed by atoms with Crippen LogP contribution in [0.1, 0.15) is 11.3 Å². The van der Waals surface area contributed by atoms with Crippen molar-refractivity contribution >= 4 is 23.5 Å². The number of halogens is 1. The lowest BCUT2D eigenvalue weighted by atomic mass is 10.2. The lowest BCUT2D eigenvalue weighted by molar-refractivity contribution is 0.618. The van der Waals surface area contributed by atoms with Crippen molar-refractivity contribution in [2.75, 3.05) is 10.7 Å². The second kappa shape index (κ2) is 8.87. The SMILES string of the molecule is Cc1ccc(Nc2ccc(/C=N/Nc3ncc(F)c(-c4cccnc4)n3)nc2)cc1. The van der Waals surface area contributed by atoms with Gasteiger partial charge in [-0.3, -0.25) is 9.97 Å². The molecule has 0 radical (unpaired) electrons. The van der Waals surface area contributed by atoms with Crippen molar-refractivity contribution in [3.8, 4) is 11.3 Å². The first-order chi connectivity index (χ1) is 14.7. The number of aryl methyl sites for hydroxylation is 1. The Balaban J connectivity index is 1.40. The molecular weight excluding hydrogens is 381 g/mol. The average Bonchev–Trinajstić information content (AvgIpc) is 2.78. The maximum absolute atomic E-state index is 14.0. The Morgan fingerprint density at radius 3 is 2.50 bits per heavy atom. The molecule has 0 atom stereocenters. The lowest BCUT2D eigenvalue weighted by Gasteiger charge is -2.06. The van der Waals surface area contributed by atoms with Crippen molar-refractivity contribution in [1.29, 1.82) is 0 Å². The summed E-state index contributed by atoms with van der Waals surface area (Å²) >= 11 is 0. The third-order valence-corrected chi connectivity index (χ3v) is 4.17. The van der Waals surface area contributed by atoms with Crippen molar-refractivity contribution in [2.45, 2.75) is 6.92 Å². The third kappa shape index (κ3) is 4.79. The number of hydrogen-bond acceptors (Lipinski definition) is 7. The fourth-order valence-electron chi connectivity index (χ4n) is 2.64. The molecule has 8 heteroatoms. The van der Waals surface area contributed by atoms with Gasteiger partial charge in [0.15, 0.2) is 5.82 Å². The summed E-state index contributed by atoms with van der Waals surface area (Å²) in [4.78, 5) is 16.4. The topological polar surface area (TPSA) is 88.0 Å². The molecule has 0 spiro atoms. The lowest BCUT2D eigenvalue weighted by Crippen LogP contribution is -2.01. The van der Waals surface area contributed by atoms with E-state index in [-0.39, 0.29) is 11.6 Å². The van der Waals surface area contributed by atoms with Crippen LogP contribution in [0.2, 0.25) is 0 Å². The number of anilines is 3. The van der Waals surface area contributed by atoms with E-state index in [0.29, 0.717) is 11.3 Å². The largest absolute Gasteiger partial charge is 0.354 e. The molecule has 3 aromatic heterocycles. The Kier molecular flexibility index (Phi) is 5.66. The predicted molar refractivity (Wildman–Crippen MR) is 115 cm³/mol. The summed E-state index contributed by atoms with van der Waals surface area (Å²) in [6, 6.07) is 15.3. The standard InChI is InChI=1S/C22H18FN7/c1-15-4-6-17(7-5-15)28-19-9-8-18(25-12-19)13-27-30-22-26-14-20(23)21(29-22)16-3-2-10-24-11-16/h2-14,28H,1H3,(H,26,29,30)/b27-13+. The molecule has 0 bridgehead atoms. The molecule has 0 saturated heterocycles. The molecule has 148 valence electrons. The quantitative estimate of drug-likeness (QED) is 0.365. The summed E-state index contributed by atoms with van der Waals surface area (Å²) in [6.07, 6.45) is 7.49. The number of benzene rings is 1. The summed E-state index contributed by atoms with van der Waals surface area (Å²) < 4.78 is 14.0. The van der Waals surface area contributed by atoms with E-state index in [0.717, 1.165) is 17.6 Å². The molecule has 0 aliphatic rings. The molecule has 4 aromatic rings. The predicted octanol–water partition coefficient (Wildman–Crippen LogP) is 4.57. The van der Waals surface area contributed by atoms with Gasteiger partial charge in [-0.05, 0) is 43.3 Å². The van der Waals surface area contributed by atoms with Gasteiger partial charge < -0.3 is 5.32 Å². The Bertz CT molecular complexity index is 1140. The molecule has 0 saturated carbocycles. The van der Waals surface area contributed by atoms with Crippen LogP contribution in [0.5, 0.6) is 0 Å². The molecule has 0 aliphatic heterocycles. The highest BCUT2D eigenvalue weighted by molar-refractivity contribution is 5.78. The van der Waals surface area contributed by atoms with E-state index < -0.39 is 5.82 Å². The fourth-order valence-corrected chi connectivity index (χ4v) is 2.64. The number of rotatable bonds is 6. The minimum Gasteiger partial charge on any atom is -0.354 e. The van der Waals surface area contributed by atoms with Crippen LogP contribution in [-0.2, 0) is 0 Å². The van der Waals surface area contributed by atoms with E-state index in [9.17, 15) is 4.39 Å². The van der Waals surface area contributed by atoms with Crippen LogP contribution in [0, 0.1) is 12.7 Å². The van der Waals surface area contributed by atoms with E-state index in [1.54, 1.807) is 24.5 Å². The first-order valence-corrected chi connectivity index (χ1v) is 9.19. The maximum Gasteiger partial charge on any atom is 0.244 e. The molecule has 4 rings (SSSR count). The van der Waals surface area contributed by atoms with Gasteiger partial charge in [0.1, 0.15) is 5.69 Å². The van der Waals surface area contributed by atoms with Crippen LogP contribution in [0.25, 0.3) is 11.3 Å². The second-order valence-electron chi connectivity index (χ2n) is 6.46. The highest BCUT2D eigenvalue weighted by Gasteiger charge is 2.09. The summed E-state index contributed by atoms with van der Waals surface area (Å²) in [6.45, 7) is 2.05. The van der Waals surface area contributed by atoms with Crippen LogP contribution in [0.3, 0.4) is 0 Å². The first kappa shape index (κ1) is 19.1. The Morgan fingerprint density at radius 2 is 1.77 bits per heavy atom. The van der Waals surface area contributed by atoms with E-state index in [4.69, 9.17) is 0 Å². The van der Waals surface area contributed by atoms with Crippen molar-refractivity contribution in [1.82, 2.24) is 19.9 Å². The first-order valence-electron chi connectivity index (χ1n) is 9.19. The van der Waals surface area contributed by atoms with Crippen LogP contribution in [0.15, 0.2) is 78.4 Å². The van der Waals surface area contributed by atoms with Crippen molar-refractivity contribution in [2.24, 2.45) is 5.10 Å². The van der Waals surface area contributed by atoms with Crippen LogP contribution < -0.4 is 10.7 Å². The van der Waals surface area contributed by atoms with E-state index >= 15 is 0 Å². The number of nitrogens with one attached hydrogen (secondary N) is 2. The average molecular weight is 399 g/mol. The van der Waals surface area contributed by atoms with E-state index in [2.05, 4.69) is 35.8 Å². The molecule has 0 aliphatic carbocycles. The van der Waals surface area contributed by atoms with Crippen LogP contribution >= 0.6 is 0 Å². The van der Waals surface area contributed by atoms with Gasteiger partial charge >= 0.3 is 0 Å². The Morgan fingerprint density at radius 1 is 0.933 bits per heavy atom. The van der Waals surface area contributed by atoms with Gasteiger partial charge in [-0.15, -0.1) is 0 Å². The smallest absolute Gasteiger partial charge is 0.244 e. The maximum atomic E-state index is 14.0. The highest BCUT2D eigenvalue weighted by Crippen LogP contribution is 2.20. The molecule has 0 amide bonds. The van der Waals surface area contributed by atoms with Gasteiger partial charge in [0.2, 0.25) is 5.95 Å². The van der Waals surface area contributed by atoms with Crippen LogP contribution in [0.4, 0.5) is 21.7 Å². The minimum absolute atomic E-state index is 0.153. The number of hydrazone groups is 1. The van der Waals surface area contributed by atoms with Crippen LogP contribution in [-0.4, -0.2) is 26.2 Å². The van der Waals surface area contributed by atoms with Gasteiger partial charge in [0.25, 0.3) is 0 Å². The van der Waals surface area contributed by atoms with Crippen molar-refractivity contribution in [3.63, 3.8) is 0 Å². The van der Waals surface area contributed by atoms with Crippen molar-refractivity contribution < 1.29 is 4.39 Å². The van der Waals surface area contributed by atoms with Gasteiger partial charge in [-0.25, -0.2) is 19.8 Å². The summed E-state index contributed by atoms with van der Waals surface area (Å²) in [7, 11) is 0. The second-order valence-corrected chi connectivity index (χ2v) is 6.46. The van der Waals surface area contributed by atoms with Gasteiger partial charge in [0.05, 0.1) is 30.0 Å². The molecular formula is C22H18FN7. The minimum atomic E-state index is -0.532. The number of pyridine rings is 2. The Hall–Kier alpha value is -4.20.